The van der Waals surface area contributed by atoms with Crippen LogP contribution in [0.5, 0.6) is 11.8 Å². The van der Waals surface area contributed by atoms with Crippen LogP contribution in [-0.2, 0) is 15.3 Å². The minimum atomic E-state index is -3.81. The van der Waals surface area contributed by atoms with E-state index in [1.807, 2.05) is 6.92 Å². The highest BCUT2D eigenvalue weighted by Gasteiger charge is 2.25. The Bertz CT molecular complexity index is 786. The molecule has 1 aromatic carbocycles. The molecular formula is C15H20BrN2O5P. The Labute approximate surface area is 149 Å². The lowest BCUT2D eigenvalue weighted by atomic mass is 10.2. The normalized spacial score (nSPS) is 15.1. The number of ether oxygens (including phenoxy) is 2. The molecule has 2 rings (SSSR count). The maximum absolute atomic E-state index is 12.4. The molecule has 0 aliphatic carbocycles. The molecular weight excluding hydrogens is 399 g/mol. The number of methoxy groups -OCH3 is 2. The first-order valence-corrected chi connectivity index (χ1v) is 9.93. The van der Waals surface area contributed by atoms with Crippen molar-refractivity contribution < 1.29 is 23.5 Å². The summed E-state index contributed by atoms with van der Waals surface area (Å²) in [4.78, 5) is 18.9. The molecule has 0 aliphatic rings. The fraction of sp³-hybridized carbons (Fsp3) is 0.467. The summed E-state index contributed by atoms with van der Waals surface area (Å²) in [5, 5.41) is 0. The molecule has 0 aliphatic heterocycles. The Morgan fingerprint density at radius 3 is 2.46 bits per heavy atom. The van der Waals surface area contributed by atoms with Crippen molar-refractivity contribution in [3.05, 3.63) is 22.2 Å². The summed E-state index contributed by atoms with van der Waals surface area (Å²) in [6, 6.07) is 3.48. The second kappa shape index (κ2) is 7.78. The SMILES string of the molecule is CCC(C)OP(=O)(O)Cc1cc(Br)cc2nc(OC)c(OC)nc12. The zero-order valence-electron chi connectivity index (χ0n) is 13.9. The van der Waals surface area contributed by atoms with Crippen LogP contribution in [0.2, 0.25) is 0 Å². The highest BCUT2D eigenvalue weighted by atomic mass is 79.9. The van der Waals surface area contributed by atoms with E-state index in [2.05, 4.69) is 25.9 Å². The van der Waals surface area contributed by atoms with Crippen LogP contribution in [0.3, 0.4) is 0 Å². The highest BCUT2D eigenvalue weighted by Crippen LogP contribution is 2.48. The molecule has 0 saturated heterocycles. The van der Waals surface area contributed by atoms with Gasteiger partial charge in [-0.2, -0.15) is 0 Å². The van der Waals surface area contributed by atoms with Crippen molar-refractivity contribution in [2.24, 2.45) is 0 Å². The first-order chi connectivity index (χ1) is 11.3. The van der Waals surface area contributed by atoms with Gasteiger partial charge in [-0.3, -0.25) is 4.57 Å². The van der Waals surface area contributed by atoms with Gasteiger partial charge >= 0.3 is 7.60 Å². The van der Waals surface area contributed by atoms with Crippen LogP contribution in [0.15, 0.2) is 16.6 Å². The number of fused-ring (bicyclic) bond motifs is 1. The second-order valence-corrected chi connectivity index (χ2v) is 8.01. The molecule has 24 heavy (non-hydrogen) atoms. The maximum Gasteiger partial charge on any atom is 0.332 e. The topological polar surface area (TPSA) is 90.8 Å². The van der Waals surface area contributed by atoms with Gasteiger partial charge in [0.15, 0.2) is 0 Å². The third-order valence-corrected chi connectivity index (χ3v) is 5.32. The predicted molar refractivity (Wildman–Crippen MR) is 94.7 cm³/mol. The van der Waals surface area contributed by atoms with Gasteiger partial charge in [0, 0.05) is 4.47 Å². The maximum atomic E-state index is 12.4. The first-order valence-electron chi connectivity index (χ1n) is 7.38. The Balaban J connectivity index is 2.51. The molecule has 0 amide bonds. The fourth-order valence-electron chi connectivity index (χ4n) is 2.16. The van der Waals surface area contributed by atoms with Crippen LogP contribution in [-0.4, -0.2) is 35.2 Å². The first kappa shape index (κ1) is 19.1. The van der Waals surface area contributed by atoms with Crippen molar-refractivity contribution in [3.63, 3.8) is 0 Å². The van der Waals surface area contributed by atoms with Gasteiger partial charge < -0.3 is 18.9 Å². The number of rotatable bonds is 7. The van der Waals surface area contributed by atoms with E-state index in [1.54, 1.807) is 19.1 Å². The third kappa shape index (κ3) is 4.45. The lowest BCUT2D eigenvalue weighted by molar-refractivity contribution is 0.185. The molecule has 0 saturated carbocycles. The molecule has 1 aromatic heterocycles. The minimum absolute atomic E-state index is 0.169. The van der Waals surface area contributed by atoms with E-state index in [9.17, 15) is 9.46 Å². The molecule has 2 unspecified atom stereocenters. The summed E-state index contributed by atoms with van der Waals surface area (Å²) in [5.41, 5.74) is 1.54. The van der Waals surface area contributed by atoms with Crippen LogP contribution in [0.1, 0.15) is 25.8 Å². The van der Waals surface area contributed by atoms with E-state index in [1.165, 1.54) is 14.2 Å². The molecule has 0 fully saturated rings. The summed E-state index contributed by atoms with van der Waals surface area (Å²) in [6.45, 7) is 3.65. The summed E-state index contributed by atoms with van der Waals surface area (Å²) < 4.78 is 28.7. The van der Waals surface area contributed by atoms with Crippen LogP contribution in [0.4, 0.5) is 0 Å². The predicted octanol–water partition coefficient (Wildman–Crippen LogP) is 3.91. The van der Waals surface area contributed by atoms with E-state index in [0.29, 0.717) is 23.0 Å². The molecule has 9 heteroatoms. The van der Waals surface area contributed by atoms with Crippen molar-refractivity contribution >= 4 is 34.6 Å². The lowest BCUT2D eigenvalue weighted by Crippen LogP contribution is -2.06. The summed E-state index contributed by atoms with van der Waals surface area (Å²) in [6.07, 6.45) is 0.173. The Hall–Kier alpha value is -1.21. The van der Waals surface area contributed by atoms with Crippen molar-refractivity contribution in [3.8, 4) is 11.8 Å². The minimum Gasteiger partial charge on any atom is -0.477 e. The second-order valence-electron chi connectivity index (χ2n) is 5.29. The van der Waals surface area contributed by atoms with Gasteiger partial charge in [0.1, 0.15) is 0 Å². The molecule has 0 radical (unpaired) electrons. The van der Waals surface area contributed by atoms with E-state index >= 15 is 0 Å². The van der Waals surface area contributed by atoms with Crippen molar-refractivity contribution in [1.29, 1.82) is 0 Å². The summed E-state index contributed by atoms with van der Waals surface area (Å²) in [5.74, 6) is 0.460. The molecule has 132 valence electrons. The summed E-state index contributed by atoms with van der Waals surface area (Å²) in [7, 11) is -0.885. The van der Waals surface area contributed by atoms with Crippen LogP contribution < -0.4 is 9.47 Å². The number of hydrogen-bond donors (Lipinski definition) is 1. The van der Waals surface area contributed by atoms with Crippen LogP contribution >= 0.6 is 23.5 Å². The average Bonchev–Trinajstić information content (AvgIpc) is 2.52. The van der Waals surface area contributed by atoms with E-state index in [0.717, 1.165) is 4.47 Å². The quantitative estimate of drug-likeness (QED) is 0.681. The van der Waals surface area contributed by atoms with Gasteiger partial charge in [0.2, 0.25) is 0 Å². The van der Waals surface area contributed by atoms with Gasteiger partial charge in [-0.1, -0.05) is 22.9 Å². The smallest absolute Gasteiger partial charge is 0.332 e. The standard InChI is InChI=1S/C15H20BrN2O5P/c1-5-9(2)23-24(19,20)8-10-6-11(16)7-12-13(10)18-15(22-4)14(17-12)21-3/h6-7,9H,5,8H2,1-4H3,(H,19,20). The number of aromatic nitrogens is 2. The Morgan fingerprint density at radius 2 is 1.88 bits per heavy atom. The van der Waals surface area contributed by atoms with Gasteiger partial charge in [-0.25, -0.2) is 9.97 Å². The largest absolute Gasteiger partial charge is 0.477 e. The average molecular weight is 419 g/mol. The van der Waals surface area contributed by atoms with E-state index in [-0.39, 0.29) is 24.0 Å². The van der Waals surface area contributed by atoms with Gasteiger partial charge in [0.05, 0.1) is 37.5 Å². The van der Waals surface area contributed by atoms with Gasteiger partial charge in [0.25, 0.3) is 11.8 Å². The molecule has 2 atom stereocenters. The van der Waals surface area contributed by atoms with Crippen molar-refractivity contribution in [2.75, 3.05) is 14.2 Å². The fourth-order valence-corrected chi connectivity index (χ4v) is 4.11. The monoisotopic (exact) mass is 418 g/mol. The summed E-state index contributed by atoms with van der Waals surface area (Å²) >= 11 is 3.39. The zero-order chi connectivity index (χ0) is 17.9. The molecule has 0 spiro atoms. The lowest BCUT2D eigenvalue weighted by Gasteiger charge is -2.18. The van der Waals surface area contributed by atoms with Gasteiger partial charge in [-0.05, 0) is 31.0 Å². The Kier molecular flexibility index (Phi) is 6.20. The van der Waals surface area contributed by atoms with Crippen molar-refractivity contribution in [2.45, 2.75) is 32.5 Å². The molecule has 1 heterocycles. The number of halogens is 1. The molecule has 2 aromatic rings. The number of hydrogen-bond acceptors (Lipinski definition) is 6. The number of benzene rings is 1. The molecule has 7 nitrogen and oxygen atoms in total. The molecule has 1 N–H and O–H groups in total. The highest BCUT2D eigenvalue weighted by molar-refractivity contribution is 9.10. The van der Waals surface area contributed by atoms with E-state index in [4.69, 9.17) is 14.0 Å². The van der Waals surface area contributed by atoms with Crippen LogP contribution in [0, 0.1) is 0 Å². The zero-order valence-corrected chi connectivity index (χ0v) is 16.4. The van der Waals surface area contributed by atoms with Crippen LogP contribution in [0.25, 0.3) is 11.0 Å². The molecule has 0 bridgehead atoms. The van der Waals surface area contributed by atoms with E-state index < -0.39 is 7.60 Å². The third-order valence-electron chi connectivity index (χ3n) is 3.43. The van der Waals surface area contributed by atoms with Crippen molar-refractivity contribution in [1.82, 2.24) is 9.97 Å². The van der Waals surface area contributed by atoms with Gasteiger partial charge in [-0.15, -0.1) is 0 Å². The number of nitrogens with zero attached hydrogens (tertiary/aromatic N) is 2. The Morgan fingerprint density at radius 1 is 1.25 bits per heavy atom.